The van der Waals surface area contributed by atoms with Crippen molar-refractivity contribution < 1.29 is 46.1 Å². The van der Waals surface area contributed by atoms with Crippen LogP contribution in [0.25, 0.3) is 0 Å². The van der Waals surface area contributed by atoms with Crippen molar-refractivity contribution >= 4 is 11.9 Å². The molecule has 1 aromatic rings. The number of aromatic carboxylic acids is 2. The zero-order chi connectivity index (χ0) is 15.9. The lowest BCUT2D eigenvalue weighted by atomic mass is 9.97. The van der Waals surface area contributed by atoms with Crippen LogP contribution >= 0.6 is 0 Å². The van der Waals surface area contributed by atoms with Crippen molar-refractivity contribution in [2.45, 2.75) is 12.4 Å². The van der Waals surface area contributed by atoms with Crippen LogP contribution in [0, 0.1) is 0 Å². The minimum Gasteiger partial charge on any atom is -0.478 e. The summed E-state index contributed by atoms with van der Waals surface area (Å²) in [6, 6.07) is -0.677. The lowest BCUT2D eigenvalue weighted by Gasteiger charge is -2.16. The summed E-state index contributed by atoms with van der Waals surface area (Å²) in [6.07, 6.45) is -10.6. The zero-order valence-corrected chi connectivity index (χ0v) is 9.13. The summed E-state index contributed by atoms with van der Waals surface area (Å²) in [7, 11) is 0. The van der Waals surface area contributed by atoms with Crippen molar-refractivity contribution in [1.29, 1.82) is 0 Å². The van der Waals surface area contributed by atoms with Crippen molar-refractivity contribution in [2.75, 3.05) is 0 Å². The molecule has 0 atom stereocenters. The summed E-state index contributed by atoms with van der Waals surface area (Å²) in [5.41, 5.74) is -7.27. The minimum absolute atomic E-state index is 0.339. The number of halogens is 6. The number of carboxylic acids is 2. The third-order valence-corrected chi connectivity index (χ3v) is 2.23. The third kappa shape index (κ3) is 3.00. The molecular formula is C10H4F6O4. The van der Waals surface area contributed by atoms with Crippen molar-refractivity contribution in [3.8, 4) is 0 Å². The first-order valence-corrected chi connectivity index (χ1v) is 4.64. The molecule has 20 heavy (non-hydrogen) atoms. The van der Waals surface area contributed by atoms with Crippen LogP contribution in [0.4, 0.5) is 26.3 Å². The summed E-state index contributed by atoms with van der Waals surface area (Å²) in [4.78, 5) is 21.2. The number of hydrogen-bond donors (Lipinski definition) is 2. The maximum atomic E-state index is 12.5. The Kier molecular flexibility index (Phi) is 3.70. The fraction of sp³-hybridized carbons (Fsp3) is 0.200. The van der Waals surface area contributed by atoms with E-state index >= 15 is 0 Å². The molecule has 1 aromatic carbocycles. The van der Waals surface area contributed by atoms with E-state index in [1.54, 1.807) is 0 Å². The van der Waals surface area contributed by atoms with Crippen LogP contribution < -0.4 is 0 Å². The number of benzene rings is 1. The number of carbonyl (C=O) groups is 2. The average Bonchev–Trinajstić information content (AvgIpc) is 2.24. The van der Waals surface area contributed by atoms with Crippen LogP contribution in [0.1, 0.15) is 31.8 Å². The SMILES string of the molecule is O=C(O)c1cc(C(F)(F)F)c(C(=O)O)cc1C(F)(F)F. The van der Waals surface area contributed by atoms with Gasteiger partial charge in [-0.3, -0.25) is 0 Å². The number of rotatable bonds is 2. The van der Waals surface area contributed by atoms with Crippen LogP contribution in [0.15, 0.2) is 12.1 Å². The first kappa shape index (κ1) is 15.8. The normalized spacial score (nSPS) is 12.3. The predicted octanol–water partition coefficient (Wildman–Crippen LogP) is 3.12. The van der Waals surface area contributed by atoms with Gasteiger partial charge in [0.2, 0.25) is 0 Å². The lowest BCUT2D eigenvalue weighted by molar-refractivity contribution is -0.142. The molecule has 1 rings (SSSR count). The first-order chi connectivity index (χ1) is 8.85. The topological polar surface area (TPSA) is 74.6 Å². The molecule has 0 aliphatic heterocycles. The second kappa shape index (κ2) is 4.69. The third-order valence-electron chi connectivity index (χ3n) is 2.23. The van der Waals surface area contributed by atoms with Gasteiger partial charge in [-0.2, -0.15) is 26.3 Å². The Morgan fingerprint density at radius 3 is 1.15 bits per heavy atom. The number of carboxylic acid groups (broad SMARTS) is 2. The Hall–Kier alpha value is -2.26. The van der Waals surface area contributed by atoms with Gasteiger partial charge in [-0.05, 0) is 12.1 Å². The van der Waals surface area contributed by atoms with E-state index in [9.17, 15) is 35.9 Å². The van der Waals surface area contributed by atoms with E-state index in [1.165, 1.54) is 0 Å². The molecule has 0 amide bonds. The Morgan fingerprint density at radius 2 is 1.00 bits per heavy atom. The van der Waals surface area contributed by atoms with Gasteiger partial charge < -0.3 is 10.2 Å². The fourth-order valence-electron chi connectivity index (χ4n) is 1.42. The van der Waals surface area contributed by atoms with E-state index in [0.29, 0.717) is 0 Å². The molecule has 0 fully saturated rings. The summed E-state index contributed by atoms with van der Waals surface area (Å²) < 4.78 is 75.3. The highest BCUT2D eigenvalue weighted by atomic mass is 19.4. The summed E-state index contributed by atoms with van der Waals surface area (Å²) in [5.74, 6) is -4.50. The van der Waals surface area contributed by atoms with Gasteiger partial charge in [0, 0.05) is 0 Å². The quantitative estimate of drug-likeness (QED) is 0.823. The van der Waals surface area contributed by atoms with Gasteiger partial charge in [0.05, 0.1) is 22.3 Å². The molecule has 110 valence electrons. The van der Waals surface area contributed by atoms with Gasteiger partial charge in [-0.15, -0.1) is 0 Å². The summed E-state index contributed by atoms with van der Waals surface area (Å²) in [6.45, 7) is 0. The van der Waals surface area contributed by atoms with Crippen molar-refractivity contribution in [1.82, 2.24) is 0 Å². The molecule has 2 N–H and O–H groups in total. The maximum absolute atomic E-state index is 12.5. The summed E-state index contributed by atoms with van der Waals surface area (Å²) in [5, 5.41) is 17.1. The highest BCUT2D eigenvalue weighted by Crippen LogP contribution is 2.38. The average molecular weight is 302 g/mol. The molecule has 0 aliphatic rings. The van der Waals surface area contributed by atoms with E-state index < -0.39 is 46.5 Å². The molecule has 0 saturated carbocycles. The standard InChI is InChI=1S/C10H4F6O4/c11-9(12,13)5-1-3(7(17)18)6(10(14,15)16)2-4(5)8(19)20/h1-2H,(H,17,18)(H,19,20). The molecule has 0 aliphatic carbocycles. The molecule has 0 spiro atoms. The molecule has 0 radical (unpaired) electrons. The molecule has 0 heterocycles. The van der Waals surface area contributed by atoms with E-state index in [2.05, 4.69) is 0 Å². The van der Waals surface area contributed by atoms with Gasteiger partial charge in [0.15, 0.2) is 0 Å². The van der Waals surface area contributed by atoms with E-state index in [-0.39, 0.29) is 12.1 Å². The first-order valence-electron chi connectivity index (χ1n) is 4.64. The van der Waals surface area contributed by atoms with E-state index in [0.717, 1.165) is 0 Å². The Balaban J connectivity index is 3.79. The second-order valence-corrected chi connectivity index (χ2v) is 3.55. The van der Waals surface area contributed by atoms with Gasteiger partial charge in [-0.25, -0.2) is 9.59 Å². The molecule has 0 unspecified atom stereocenters. The monoisotopic (exact) mass is 302 g/mol. The lowest BCUT2D eigenvalue weighted by Crippen LogP contribution is -2.20. The van der Waals surface area contributed by atoms with E-state index in [4.69, 9.17) is 10.2 Å². The van der Waals surface area contributed by atoms with Gasteiger partial charge in [0.25, 0.3) is 0 Å². The van der Waals surface area contributed by atoms with Crippen molar-refractivity contribution in [3.63, 3.8) is 0 Å². The van der Waals surface area contributed by atoms with Crippen LogP contribution in [0.2, 0.25) is 0 Å². The highest BCUT2D eigenvalue weighted by molar-refractivity contribution is 5.95. The smallest absolute Gasteiger partial charge is 0.417 e. The minimum atomic E-state index is -5.30. The van der Waals surface area contributed by atoms with Gasteiger partial charge >= 0.3 is 24.3 Å². The molecule has 0 aromatic heterocycles. The Morgan fingerprint density at radius 1 is 0.750 bits per heavy atom. The summed E-state index contributed by atoms with van der Waals surface area (Å²) >= 11 is 0. The van der Waals surface area contributed by atoms with Crippen LogP contribution in [-0.2, 0) is 12.4 Å². The molecule has 4 nitrogen and oxygen atoms in total. The molecule has 0 bridgehead atoms. The van der Waals surface area contributed by atoms with Gasteiger partial charge in [0.1, 0.15) is 0 Å². The Bertz CT molecular complexity index is 521. The Labute approximate surface area is 106 Å². The second-order valence-electron chi connectivity index (χ2n) is 3.55. The number of hydrogen-bond acceptors (Lipinski definition) is 2. The van der Waals surface area contributed by atoms with Crippen LogP contribution in [0.5, 0.6) is 0 Å². The zero-order valence-electron chi connectivity index (χ0n) is 9.13. The van der Waals surface area contributed by atoms with E-state index in [1.807, 2.05) is 0 Å². The maximum Gasteiger partial charge on any atom is 0.417 e. The van der Waals surface area contributed by atoms with Crippen molar-refractivity contribution in [2.24, 2.45) is 0 Å². The molecule has 10 heteroatoms. The highest BCUT2D eigenvalue weighted by Gasteiger charge is 2.42. The van der Waals surface area contributed by atoms with Crippen LogP contribution in [0.3, 0.4) is 0 Å². The van der Waals surface area contributed by atoms with Crippen LogP contribution in [-0.4, -0.2) is 22.2 Å². The van der Waals surface area contributed by atoms with Gasteiger partial charge in [-0.1, -0.05) is 0 Å². The number of alkyl halides is 6. The van der Waals surface area contributed by atoms with Crippen molar-refractivity contribution in [3.05, 3.63) is 34.4 Å². The molecule has 0 saturated heterocycles. The fourth-order valence-corrected chi connectivity index (χ4v) is 1.42. The predicted molar refractivity (Wildman–Crippen MR) is 50.4 cm³/mol. The largest absolute Gasteiger partial charge is 0.478 e. The molecular weight excluding hydrogens is 298 g/mol.